The van der Waals surface area contributed by atoms with Gasteiger partial charge in [-0.1, -0.05) is 12.1 Å². The summed E-state index contributed by atoms with van der Waals surface area (Å²) in [7, 11) is 0. The quantitative estimate of drug-likeness (QED) is 0.611. The highest BCUT2D eigenvalue weighted by atomic mass is 16.5. The van der Waals surface area contributed by atoms with Gasteiger partial charge in [-0.25, -0.2) is 0 Å². The summed E-state index contributed by atoms with van der Waals surface area (Å²) in [5.74, 6) is 0.894. The van der Waals surface area contributed by atoms with Crippen molar-refractivity contribution in [1.82, 2.24) is 0 Å². The molecular formula is C11H10O2. The number of carbonyl (C=O) groups excluding carboxylic acids is 1. The van der Waals surface area contributed by atoms with Crippen LogP contribution >= 0.6 is 0 Å². The molecule has 66 valence electrons. The van der Waals surface area contributed by atoms with Crippen molar-refractivity contribution < 1.29 is 9.53 Å². The van der Waals surface area contributed by atoms with Gasteiger partial charge in [-0.2, -0.15) is 0 Å². The van der Waals surface area contributed by atoms with Crippen LogP contribution in [0.15, 0.2) is 30.5 Å². The highest BCUT2D eigenvalue weighted by Crippen LogP contribution is 2.26. The zero-order valence-corrected chi connectivity index (χ0v) is 7.41. The van der Waals surface area contributed by atoms with E-state index in [4.69, 9.17) is 4.74 Å². The topological polar surface area (TPSA) is 26.3 Å². The van der Waals surface area contributed by atoms with E-state index in [1.807, 2.05) is 24.3 Å². The molecule has 1 aromatic carbocycles. The summed E-state index contributed by atoms with van der Waals surface area (Å²) in [6.07, 6.45) is 4.35. The standard InChI is InChI=1S/C11H10O2/c1-8(12)9-4-2-6-11-10(9)5-3-7-13-11/h2-4,6-7H,5H2,1H3. The molecule has 1 aliphatic rings. The molecule has 2 rings (SSSR count). The number of hydrogen-bond acceptors (Lipinski definition) is 2. The van der Waals surface area contributed by atoms with Crippen LogP contribution in [-0.2, 0) is 6.42 Å². The van der Waals surface area contributed by atoms with Gasteiger partial charge in [-0.15, -0.1) is 0 Å². The maximum atomic E-state index is 11.2. The van der Waals surface area contributed by atoms with Gasteiger partial charge in [0, 0.05) is 11.1 Å². The van der Waals surface area contributed by atoms with E-state index in [1.54, 1.807) is 13.2 Å². The third kappa shape index (κ3) is 1.35. The minimum atomic E-state index is 0.0933. The Labute approximate surface area is 76.8 Å². The molecule has 0 spiro atoms. The van der Waals surface area contributed by atoms with Crippen molar-refractivity contribution in [2.24, 2.45) is 0 Å². The number of Topliss-reactive ketones (excluding diaryl/α,β-unsaturated/α-hetero) is 1. The molecule has 1 aliphatic heterocycles. The van der Waals surface area contributed by atoms with E-state index >= 15 is 0 Å². The summed E-state index contributed by atoms with van der Waals surface area (Å²) >= 11 is 0. The molecule has 0 aliphatic carbocycles. The number of rotatable bonds is 1. The van der Waals surface area contributed by atoms with Crippen molar-refractivity contribution >= 4 is 5.78 Å². The second-order valence-electron chi connectivity index (χ2n) is 3.03. The minimum Gasteiger partial charge on any atom is -0.465 e. The predicted molar refractivity (Wildman–Crippen MR) is 49.9 cm³/mol. The Balaban J connectivity index is 2.55. The van der Waals surface area contributed by atoms with Crippen LogP contribution in [-0.4, -0.2) is 5.78 Å². The molecule has 0 aromatic heterocycles. The molecule has 0 amide bonds. The Morgan fingerprint density at radius 2 is 2.31 bits per heavy atom. The van der Waals surface area contributed by atoms with E-state index in [9.17, 15) is 4.79 Å². The van der Waals surface area contributed by atoms with Crippen molar-refractivity contribution in [3.63, 3.8) is 0 Å². The van der Waals surface area contributed by atoms with Gasteiger partial charge >= 0.3 is 0 Å². The largest absolute Gasteiger partial charge is 0.465 e. The lowest BCUT2D eigenvalue weighted by Gasteiger charge is -2.13. The zero-order chi connectivity index (χ0) is 9.26. The van der Waals surface area contributed by atoms with E-state index in [0.717, 1.165) is 23.3 Å². The smallest absolute Gasteiger partial charge is 0.160 e. The van der Waals surface area contributed by atoms with Crippen LogP contribution < -0.4 is 4.74 Å². The predicted octanol–water partition coefficient (Wildman–Crippen LogP) is 2.34. The summed E-state index contributed by atoms with van der Waals surface area (Å²) in [5, 5.41) is 0. The number of ether oxygens (including phenoxy) is 1. The van der Waals surface area contributed by atoms with E-state index in [0.29, 0.717) is 0 Å². The fraction of sp³-hybridized carbons (Fsp3) is 0.182. The molecule has 0 saturated carbocycles. The lowest BCUT2D eigenvalue weighted by molar-refractivity contribution is 0.101. The third-order valence-electron chi connectivity index (χ3n) is 2.13. The maximum Gasteiger partial charge on any atom is 0.160 e. The molecule has 0 fully saturated rings. The molecular weight excluding hydrogens is 164 g/mol. The highest BCUT2D eigenvalue weighted by Gasteiger charge is 2.13. The second kappa shape index (κ2) is 3.05. The molecule has 13 heavy (non-hydrogen) atoms. The second-order valence-corrected chi connectivity index (χ2v) is 3.03. The monoisotopic (exact) mass is 174 g/mol. The van der Waals surface area contributed by atoms with Crippen LogP contribution in [0, 0.1) is 0 Å². The van der Waals surface area contributed by atoms with Crippen LogP contribution in [0.3, 0.4) is 0 Å². The van der Waals surface area contributed by atoms with E-state index < -0.39 is 0 Å². The van der Waals surface area contributed by atoms with Crippen LogP contribution in [0.5, 0.6) is 5.75 Å². The lowest BCUT2D eigenvalue weighted by Crippen LogP contribution is -2.04. The van der Waals surface area contributed by atoms with Crippen LogP contribution in [0.4, 0.5) is 0 Å². The molecule has 0 saturated heterocycles. The molecule has 0 N–H and O–H groups in total. The molecule has 0 atom stereocenters. The first kappa shape index (κ1) is 8.05. The first-order valence-electron chi connectivity index (χ1n) is 4.23. The molecule has 0 bridgehead atoms. The van der Waals surface area contributed by atoms with Gasteiger partial charge in [0.25, 0.3) is 0 Å². The normalized spacial score (nSPS) is 13.3. The summed E-state index contributed by atoms with van der Waals surface area (Å²) in [6, 6.07) is 5.56. The van der Waals surface area contributed by atoms with Gasteiger partial charge in [0.2, 0.25) is 0 Å². The van der Waals surface area contributed by atoms with Gasteiger partial charge in [-0.3, -0.25) is 4.79 Å². The van der Waals surface area contributed by atoms with Crippen LogP contribution in [0.25, 0.3) is 0 Å². The summed E-state index contributed by atoms with van der Waals surface area (Å²) < 4.78 is 5.28. The van der Waals surface area contributed by atoms with Gasteiger partial charge in [0.05, 0.1) is 6.26 Å². The average molecular weight is 174 g/mol. The molecule has 2 nitrogen and oxygen atoms in total. The summed E-state index contributed by atoms with van der Waals surface area (Å²) in [5.41, 5.74) is 1.76. The molecule has 1 heterocycles. The Hall–Kier alpha value is -1.57. The molecule has 0 radical (unpaired) electrons. The maximum absolute atomic E-state index is 11.2. The average Bonchev–Trinajstić information content (AvgIpc) is 2.17. The number of benzene rings is 1. The van der Waals surface area contributed by atoms with Crippen molar-refractivity contribution in [3.8, 4) is 5.75 Å². The molecule has 1 aromatic rings. The number of allylic oxidation sites excluding steroid dienone is 1. The Morgan fingerprint density at radius 3 is 3.08 bits per heavy atom. The Morgan fingerprint density at radius 1 is 1.46 bits per heavy atom. The van der Waals surface area contributed by atoms with Crippen molar-refractivity contribution in [2.45, 2.75) is 13.3 Å². The van der Waals surface area contributed by atoms with Crippen molar-refractivity contribution in [2.75, 3.05) is 0 Å². The lowest BCUT2D eigenvalue weighted by atomic mass is 10.00. The Bertz CT molecular complexity index is 378. The van der Waals surface area contributed by atoms with E-state index in [-0.39, 0.29) is 5.78 Å². The van der Waals surface area contributed by atoms with Gasteiger partial charge in [0.1, 0.15) is 5.75 Å². The SMILES string of the molecule is CC(=O)c1cccc2c1CC=CO2. The number of ketones is 1. The highest BCUT2D eigenvalue weighted by molar-refractivity contribution is 5.96. The number of carbonyl (C=O) groups is 1. The van der Waals surface area contributed by atoms with E-state index in [1.165, 1.54) is 0 Å². The summed E-state index contributed by atoms with van der Waals surface area (Å²) in [4.78, 5) is 11.2. The van der Waals surface area contributed by atoms with Gasteiger partial charge in [-0.05, 0) is 25.5 Å². The number of hydrogen-bond donors (Lipinski definition) is 0. The first-order chi connectivity index (χ1) is 6.29. The van der Waals surface area contributed by atoms with Crippen molar-refractivity contribution in [1.29, 1.82) is 0 Å². The first-order valence-corrected chi connectivity index (χ1v) is 4.23. The van der Waals surface area contributed by atoms with Crippen molar-refractivity contribution in [3.05, 3.63) is 41.7 Å². The molecule has 0 unspecified atom stereocenters. The van der Waals surface area contributed by atoms with Crippen LogP contribution in [0.2, 0.25) is 0 Å². The van der Waals surface area contributed by atoms with Gasteiger partial charge < -0.3 is 4.74 Å². The summed E-state index contributed by atoms with van der Waals surface area (Å²) in [6.45, 7) is 1.58. The third-order valence-corrected chi connectivity index (χ3v) is 2.13. The minimum absolute atomic E-state index is 0.0933. The zero-order valence-electron chi connectivity index (χ0n) is 7.41. The van der Waals surface area contributed by atoms with E-state index in [2.05, 4.69) is 0 Å². The van der Waals surface area contributed by atoms with Gasteiger partial charge in [0.15, 0.2) is 5.78 Å². The fourth-order valence-electron chi connectivity index (χ4n) is 1.50. The fourth-order valence-corrected chi connectivity index (χ4v) is 1.50. The Kier molecular flexibility index (Phi) is 1.89. The molecule has 2 heteroatoms. The number of fused-ring (bicyclic) bond motifs is 1. The van der Waals surface area contributed by atoms with Crippen LogP contribution in [0.1, 0.15) is 22.8 Å².